The van der Waals surface area contributed by atoms with Gasteiger partial charge in [-0.25, -0.2) is 4.39 Å². The minimum Gasteiger partial charge on any atom is -0.387 e. The Balaban J connectivity index is 2.52. The van der Waals surface area contributed by atoms with Crippen LogP contribution < -0.4 is 5.73 Å². The lowest BCUT2D eigenvalue weighted by atomic mass is 9.99. The van der Waals surface area contributed by atoms with Crippen molar-refractivity contribution in [2.75, 3.05) is 6.61 Å². The summed E-state index contributed by atoms with van der Waals surface area (Å²) in [6, 6.07) is -0.673. The van der Waals surface area contributed by atoms with Gasteiger partial charge in [0.2, 0.25) is 0 Å². The van der Waals surface area contributed by atoms with Crippen LogP contribution in [-0.2, 0) is 4.74 Å². The lowest BCUT2D eigenvalue weighted by molar-refractivity contribution is -0.121. The summed E-state index contributed by atoms with van der Waals surface area (Å²) in [7, 11) is 0. The summed E-state index contributed by atoms with van der Waals surface area (Å²) in [4.78, 5) is 0. The third kappa shape index (κ3) is 1.69. The Bertz CT molecular complexity index is 132. The molecule has 1 aliphatic heterocycles. The Morgan fingerprint density at radius 3 is 2.91 bits per heavy atom. The molecule has 0 saturated carbocycles. The summed E-state index contributed by atoms with van der Waals surface area (Å²) < 4.78 is 18.1. The van der Waals surface area contributed by atoms with Crippen molar-refractivity contribution in [1.29, 1.82) is 0 Å². The number of hydrogen-bond donors (Lipinski definition) is 2. The third-order valence-electron chi connectivity index (χ3n) is 2.02. The highest BCUT2D eigenvalue weighted by atomic mass is 19.1. The van der Waals surface area contributed by atoms with Crippen molar-refractivity contribution < 1.29 is 14.2 Å². The SMILES string of the molecule is CC[C@H]1OC[C@H](N)[C@H](F)[C@@H]1O. The Morgan fingerprint density at radius 2 is 2.36 bits per heavy atom. The highest BCUT2D eigenvalue weighted by molar-refractivity contribution is 4.88. The number of halogens is 1. The molecule has 4 heteroatoms. The van der Waals surface area contributed by atoms with Crippen LogP contribution in [0.3, 0.4) is 0 Å². The quantitative estimate of drug-likeness (QED) is 0.564. The Labute approximate surface area is 65.3 Å². The molecule has 1 heterocycles. The van der Waals surface area contributed by atoms with E-state index in [4.69, 9.17) is 10.5 Å². The minimum atomic E-state index is -1.34. The van der Waals surface area contributed by atoms with Crippen LogP contribution in [0.25, 0.3) is 0 Å². The predicted octanol–water partition coefficient (Wildman–Crippen LogP) is -0.179. The molecule has 0 radical (unpaired) electrons. The first-order chi connectivity index (χ1) is 5.16. The molecule has 1 rings (SSSR count). The van der Waals surface area contributed by atoms with Crippen LogP contribution in [0.1, 0.15) is 13.3 Å². The summed E-state index contributed by atoms with van der Waals surface area (Å²) in [5.41, 5.74) is 5.33. The molecule has 1 saturated heterocycles. The van der Waals surface area contributed by atoms with E-state index in [0.717, 1.165) is 0 Å². The third-order valence-corrected chi connectivity index (χ3v) is 2.02. The van der Waals surface area contributed by atoms with E-state index in [0.29, 0.717) is 6.42 Å². The van der Waals surface area contributed by atoms with Crippen LogP contribution in [0.15, 0.2) is 0 Å². The molecule has 3 nitrogen and oxygen atoms in total. The fraction of sp³-hybridized carbons (Fsp3) is 1.00. The van der Waals surface area contributed by atoms with Gasteiger partial charge in [0.25, 0.3) is 0 Å². The molecule has 4 atom stereocenters. The van der Waals surface area contributed by atoms with Crippen LogP contribution in [0.4, 0.5) is 4.39 Å². The van der Waals surface area contributed by atoms with Crippen molar-refractivity contribution in [3.8, 4) is 0 Å². The Kier molecular flexibility index (Phi) is 2.81. The zero-order valence-corrected chi connectivity index (χ0v) is 6.53. The molecule has 0 aromatic carbocycles. The number of alkyl halides is 1. The number of aliphatic hydroxyl groups is 1. The van der Waals surface area contributed by atoms with E-state index in [1.807, 2.05) is 6.92 Å². The second-order valence-corrected chi connectivity index (χ2v) is 2.88. The van der Waals surface area contributed by atoms with Gasteiger partial charge < -0.3 is 15.6 Å². The van der Waals surface area contributed by atoms with E-state index in [1.54, 1.807) is 0 Å². The van der Waals surface area contributed by atoms with Gasteiger partial charge in [-0.3, -0.25) is 0 Å². The lowest BCUT2D eigenvalue weighted by Gasteiger charge is -2.33. The van der Waals surface area contributed by atoms with Gasteiger partial charge in [0.05, 0.1) is 18.8 Å². The molecule has 1 fully saturated rings. The smallest absolute Gasteiger partial charge is 0.146 e. The van der Waals surface area contributed by atoms with E-state index in [-0.39, 0.29) is 12.7 Å². The lowest BCUT2D eigenvalue weighted by Crippen LogP contribution is -2.54. The maximum atomic E-state index is 13.0. The van der Waals surface area contributed by atoms with Crippen LogP contribution in [0.5, 0.6) is 0 Å². The maximum absolute atomic E-state index is 13.0. The molecule has 0 bridgehead atoms. The molecule has 0 amide bonds. The monoisotopic (exact) mass is 163 g/mol. The van der Waals surface area contributed by atoms with Crippen LogP contribution >= 0.6 is 0 Å². The maximum Gasteiger partial charge on any atom is 0.146 e. The highest BCUT2D eigenvalue weighted by Crippen LogP contribution is 2.18. The summed E-state index contributed by atoms with van der Waals surface area (Å²) in [6.07, 6.45) is -2.16. The molecule has 0 unspecified atom stereocenters. The second-order valence-electron chi connectivity index (χ2n) is 2.88. The molecule has 1 aliphatic rings. The largest absolute Gasteiger partial charge is 0.387 e. The first-order valence-electron chi connectivity index (χ1n) is 3.86. The van der Waals surface area contributed by atoms with Gasteiger partial charge in [0.1, 0.15) is 12.3 Å². The minimum absolute atomic E-state index is 0.205. The van der Waals surface area contributed by atoms with Crippen molar-refractivity contribution in [2.45, 2.75) is 37.8 Å². The molecule has 0 spiro atoms. The molecule has 66 valence electrons. The molecular formula is C7H14FNO2. The van der Waals surface area contributed by atoms with E-state index in [9.17, 15) is 9.50 Å². The summed E-state index contributed by atoms with van der Waals surface area (Å²) >= 11 is 0. The number of ether oxygens (including phenoxy) is 1. The van der Waals surface area contributed by atoms with Gasteiger partial charge in [-0.15, -0.1) is 0 Å². The topological polar surface area (TPSA) is 55.5 Å². The van der Waals surface area contributed by atoms with Crippen molar-refractivity contribution >= 4 is 0 Å². The van der Waals surface area contributed by atoms with Crippen molar-refractivity contribution in [1.82, 2.24) is 0 Å². The standard InChI is InChI=1S/C7H14FNO2/c1-2-5-7(10)6(8)4(9)3-11-5/h4-7,10H,2-3,9H2,1H3/t4-,5+,6-,7+/m0/s1. The van der Waals surface area contributed by atoms with Gasteiger partial charge in [0.15, 0.2) is 0 Å². The number of nitrogens with two attached hydrogens (primary N) is 1. The first kappa shape index (κ1) is 8.90. The van der Waals surface area contributed by atoms with Gasteiger partial charge in [0, 0.05) is 0 Å². The number of aliphatic hydroxyl groups excluding tert-OH is 1. The average molecular weight is 163 g/mol. The van der Waals surface area contributed by atoms with E-state index in [1.165, 1.54) is 0 Å². The fourth-order valence-electron chi connectivity index (χ4n) is 1.24. The second kappa shape index (κ2) is 3.47. The zero-order chi connectivity index (χ0) is 8.43. The van der Waals surface area contributed by atoms with Crippen LogP contribution in [0, 0.1) is 0 Å². The van der Waals surface area contributed by atoms with Crippen LogP contribution in [0.2, 0.25) is 0 Å². The molecule has 0 aromatic rings. The number of rotatable bonds is 1. The summed E-state index contributed by atoms with van der Waals surface area (Å²) in [6.45, 7) is 2.05. The van der Waals surface area contributed by atoms with E-state index >= 15 is 0 Å². The zero-order valence-electron chi connectivity index (χ0n) is 6.53. The fourth-order valence-corrected chi connectivity index (χ4v) is 1.24. The van der Waals surface area contributed by atoms with Crippen LogP contribution in [-0.4, -0.2) is 36.1 Å². The first-order valence-corrected chi connectivity index (χ1v) is 3.86. The average Bonchev–Trinajstić information content (AvgIpc) is 2.01. The van der Waals surface area contributed by atoms with Crippen molar-refractivity contribution in [3.63, 3.8) is 0 Å². The molecule has 0 aliphatic carbocycles. The highest BCUT2D eigenvalue weighted by Gasteiger charge is 2.36. The van der Waals surface area contributed by atoms with Crippen molar-refractivity contribution in [2.24, 2.45) is 5.73 Å². The van der Waals surface area contributed by atoms with Crippen molar-refractivity contribution in [3.05, 3.63) is 0 Å². The van der Waals surface area contributed by atoms with Gasteiger partial charge in [-0.1, -0.05) is 6.92 Å². The van der Waals surface area contributed by atoms with Gasteiger partial charge in [-0.05, 0) is 6.42 Å². The van der Waals surface area contributed by atoms with E-state index in [2.05, 4.69) is 0 Å². The molecule has 11 heavy (non-hydrogen) atoms. The normalized spacial score (nSPS) is 45.8. The molecular weight excluding hydrogens is 149 g/mol. The summed E-state index contributed by atoms with van der Waals surface area (Å²) in [5.74, 6) is 0. The predicted molar refractivity (Wildman–Crippen MR) is 38.9 cm³/mol. The Morgan fingerprint density at radius 1 is 1.73 bits per heavy atom. The van der Waals surface area contributed by atoms with Gasteiger partial charge >= 0.3 is 0 Å². The number of hydrogen-bond acceptors (Lipinski definition) is 3. The Hall–Kier alpha value is -0.190. The molecule has 3 N–H and O–H groups in total. The summed E-state index contributed by atoms with van der Waals surface area (Å²) in [5, 5.41) is 9.23. The van der Waals surface area contributed by atoms with Gasteiger partial charge in [-0.2, -0.15) is 0 Å². The molecule has 0 aromatic heterocycles. The van der Waals surface area contributed by atoms with E-state index < -0.39 is 18.3 Å².